The predicted octanol–water partition coefficient (Wildman–Crippen LogP) is 1.72. The van der Waals surface area contributed by atoms with Gasteiger partial charge < -0.3 is 9.64 Å². The van der Waals surface area contributed by atoms with E-state index >= 15 is 0 Å². The smallest absolute Gasteiger partial charge is 0.274 e. The average molecular weight is 358 g/mol. The van der Waals surface area contributed by atoms with Gasteiger partial charge in [0.25, 0.3) is 5.91 Å². The number of aryl methyl sites for hydroxylation is 2. The van der Waals surface area contributed by atoms with Crippen LogP contribution in [0, 0.1) is 24.7 Å². The third-order valence-corrected chi connectivity index (χ3v) is 6.28. The molecule has 1 saturated carbocycles. The second-order valence-electron chi connectivity index (χ2n) is 8.04. The number of nitrogens with zero attached hydrogens (tertiary/aromatic N) is 4. The number of amides is 1. The maximum atomic E-state index is 13.2. The van der Waals surface area contributed by atoms with Crippen LogP contribution < -0.4 is 0 Å². The molecule has 2 fully saturated rings. The van der Waals surface area contributed by atoms with Crippen LogP contribution in [0.1, 0.15) is 29.0 Å². The minimum Gasteiger partial charge on any atom is -0.379 e. The summed E-state index contributed by atoms with van der Waals surface area (Å²) >= 11 is 0. The Bertz CT molecular complexity index is 658. The number of hydrogen-bond acceptors (Lipinski definition) is 4. The van der Waals surface area contributed by atoms with Crippen molar-refractivity contribution >= 4 is 5.91 Å². The molecule has 0 spiro atoms. The van der Waals surface area contributed by atoms with Crippen LogP contribution in [-0.2, 0) is 11.8 Å². The summed E-state index contributed by atoms with van der Waals surface area (Å²) in [6.07, 6.45) is 7.24. The van der Waals surface area contributed by atoms with E-state index in [2.05, 4.69) is 27.1 Å². The van der Waals surface area contributed by atoms with Gasteiger partial charge in [0.1, 0.15) is 0 Å². The van der Waals surface area contributed by atoms with E-state index in [1.807, 2.05) is 20.0 Å². The van der Waals surface area contributed by atoms with Crippen LogP contribution in [-0.4, -0.2) is 71.4 Å². The summed E-state index contributed by atoms with van der Waals surface area (Å²) in [5.41, 5.74) is 1.59. The van der Waals surface area contributed by atoms with Crippen molar-refractivity contribution in [2.45, 2.75) is 19.8 Å². The molecular formula is C20H30N4O2. The molecule has 2 aliphatic carbocycles. The first-order valence-electron chi connectivity index (χ1n) is 9.88. The molecule has 1 aliphatic heterocycles. The van der Waals surface area contributed by atoms with E-state index in [0.717, 1.165) is 57.5 Å². The van der Waals surface area contributed by atoms with E-state index in [0.29, 0.717) is 17.5 Å². The van der Waals surface area contributed by atoms with E-state index in [1.165, 1.54) is 12.8 Å². The van der Waals surface area contributed by atoms with Gasteiger partial charge in [0.15, 0.2) is 5.69 Å². The number of carbonyl (C=O) groups excluding carboxylic acids is 1. The lowest BCUT2D eigenvalue weighted by Gasteiger charge is -2.32. The third kappa shape index (κ3) is 3.71. The van der Waals surface area contributed by atoms with Crippen LogP contribution in [0.25, 0.3) is 0 Å². The molecule has 2 heterocycles. The molecule has 4 rings (SSSR count). The lowest BCUT2D eigenvalue weighted by molar-refractivity contribution is 0.0312. The summed E-state index contributed by atoms with van der Waals surface area (Å²) in [5.74, 6) is 2.07. The van der Waals surface area contributed by atoms with Crippen LogP contribution in [0.2, 0.25) is 0 Å². The van der Waals surface area contributed by atoms with Crippen molar-refractivity contribution in [2.75, 3.05) is 45.9 Å². The topological polar surface area (TPSA) is 50.6 Å². The molecule has 6 nitrogen and oxygen atoms in total. The van der Waals surface area contributed by atoms with Crippen molar-refractivity contribution in [1.82, 2.24) is 19.6 Å². The normalized spacial score (nSPS) is 28.0. The fraction of sp³-hybridized carbons (Fsp3) is 0.700. The Labute approximate surface area is 155 Å². The van der Waals surface area contributed by atoms with E-state index in [9.17, 15) is 4.79 Å². The predicted molar refractivity (Wildman–Crippen MR) is 100.0 cm³/mol. The molecule has 3 atom stereocenters. The second kappa shape index (κ2) is 7.53. The largest absolute Gasteiger partial charge is 0.379 e. The van der Waals surface area contributed by atoms with Crippen LogP contribution in [0.15, 0.2) is 18.2 Å². The standard InChI is InChI=1S/C20H30N4O2/c1-15-11-19(21-22(15)2)20(25)24(6-5-23-7-9-26-10-8-23)14-18-13-16-3-4-17(18)12-16/h3-4,11,16-18H,5-10,12-14H2,1-2H3/t16-,17+,18-/m1/s1. The fourth-order valence-corrected chi connectivity index (χ4v) is 4.58. The second-order valence-corrected chi connectivity index (χ2v) is 8.04. The van der Waals surface area contributed by atoms with Gasteiger partial charge in [-0.3, -0.25) is 14.4 Å². The van der Waals surface area contributed by atoms with Crippen molar-refractivity contribution in [1.29, 1.82) is 0 Å². The van der Waals surface area contributed by atoms with Crippen molar-refractivity contribution in [2.24, 2.45) is 24.8 Å². The molecule has 2 bridgehead atoms. The first-order valence-corrected chi connectivity index (χ1v) is 9.88. The van der Waals surface area contributed by atoms with Gasteiger partial charge in [0, 0.05) is 45.5 Å². The Morgan fingerprint density at radius 1 is 1.31 bits per heavy atom. The average Bonchev–Trinajstić information content (AvgIpc) is 3.35. The van der Waals surface area contributed by atoms with Gasteiger partial charge in [-0.15, -0.1) is 0 Å². The molecule has 26 heavy (non-hydrogen) atoms. The third-order valence-electron chi connectivity index (χ3n) is 6.28. The lowest BCUT2D eigenvalue weighted by Crippen LogP contribution is -2.45. The van der Waals surface area contributed by atoms with Crippen molar-refractivity contribution in [3.63, 3.8) is 0 Å². The number of fused-ring (bicyclic) bond motifs is 2. The van der Waals surface area contributed by atoms with Gasteiger partial charge in [-0.05, 0) is 43.6 Å². The first kappa shape index (κ1) is 17.7. The van der Waals surface area contributed by atoms with Gasteiger partial charge in [-0.1, -0.05) is 12.2 Å². The summed E-state index contributed by atoms with van der Waals surface area (Å²) in [6.45, 7) is 8.04. The molecule has 1 saturated heterocycles. The molecule has 142 valence electrons. The van der Waals surface area contributed by atoms with Crippen molar-refractivity contribution < 1.29 is 9.53 Å². The Hall–Kier alpha value is -1.66. The van der Waals surface area contributed by atoms with Crippen molar-refractivity contribution in [3.05, 3.63) is 29.6 Å². The highest BCUT2D eigenvalue weighted by molar-refractivity contribution is 5.92. The minimum absolute atomic E-state index is 0.0775. The van der Waals surface area contributed by atoms with Crippen LogP contribution in [0.5, 0.6) is 0 Å². The highest BCUT2D eigenvalue weighted by atomic mass is 16.5. The molecule has 6 heteroatoms. The van der Waals surface area contributed by atoms with Crippen LogP contribution in [0.3, 0.4) is 0 Å². The molecular weight excluding hydrogens is 328 g/mol. The van der Waals surface area contributed by atoms with Gasteiger partial charge in [-0.2, -0.15) is 5.10 Å². The Morgan fingerprint density at radius 3 is 2.73 bits per heavy atom. The zero-order valence-electron chi connectivity index (χ0n) is 15.9. The molecule has 0 N–H and O–H groups in total. The summed E-state index contributed by atoms with van der Waals surface area (Å²) in [5, 5.41) is 4.43. The van der Waals surface area contributed by atoms with Crippen LogP contribution >= 0.6 is 0 Å². The van der Waals surface area contributed by atoms with Gasteiger partial charge in [-0.25, -0.2) is 0 Å². The maximum absolute atomic E-state index is 13.2. The van der Waals surface area contributed by atoms with Crippen LogP contribution in [0.4, 0.5) is 0 Å². The Morgan fingerprint density at radius 2 is 2.12 bits per heavy atom. The Kier molecular flexibility index (Phi) is 5.14. The fourth-order valence-electron chi connectivity index (χ4n) is 4.58. The number of ether oxygens (including phenoxy) is 1. The van der Waals surface area contributed by atoms with E-state index in [1.54, 1.807) is 4.68 Å². The highest BCUT2D eigenvalue weighted by Gasteiger charge is 2.37. The van der Waals surface area contributed by atoms with E-state index < -0.39 is 0 Å². The molecule has 3 aliphatic rings. The van der Waals surface area contributed by atoms with Crippen molar-refractivity contribution in [3.8, 4) is 0 Å². The first-order chi connectivity index (χ1) is 12.6. The SMILES string of the molecule is Cc1cc(C(=O)N(CCN2CCOCC2)C[C@H]2C[C@@H]3C=C[C@H]2C3)nn1C. The molecule has 0 radical (unpaired) electrons. The summed E-state index contributed by atoms with van der Waals surface area (Å²) < 4.78 is 7.22. The number of carbonyl (C=O) groups is 1. The number of hydrogen-bond donors (Lipinski definition) is 0. The molecule has 0 aromatic carbocycles. The van der Waals surface area contributed by atoms with Gasteiger partial charge in [0.2, 0.25) is 0 Å². The van der Waals surface area contributed by atoms with Gasteiger partial charge in [0.05, 0.1) is 13.2 Å². The Balaban J connectivity index is 1.44. The molecule has 0 unspecified atom stereocenters. The van der Waals surface area contributed by atoms with E-state index in [-0.39, 0.29) is 5.91 Å². The summed E-state index contributed by atoms with van der Waals surface area (Å²) in [6, 6.07) is 1.91. The van der Waals surface area contributed by atoms with E-state index in [4.69, 9.17) is 4.74 Å². The zero-order valence-corrected chi connectivity index (χ0v) is 15.9. The zero-order chi connectivity index (χ0) is 18.1. The molecule has 1 amide bonds. The summed E-state index contributed by atoms with van der Waals surface area (Å²) in [4.78, 5) is 17.6. The lowest BCUT2D eigenvalue weighted by atomic mass is 9.93. The number of morpholine rings is 1. The number of allylic oxidation sites excluding steroid dienone is 2. The number of aromatic nitrogens is 2. The molecule has 1 aromatic heterocycles. The highest BCUT2D eigenvalue weighted by Crippen LogP contribution is 2.43. The monoisotopic (exact) mass is 358 g/mol. The minimum atomic E-state index is 0.0775. The maximum Gasteiger partial charge on any atom is 0.274 e. The quantitative estimate of drug-likeness (QED) is 0.727. The summed E-state index contributed by atoms with van der Waals surface area (Å²) in [7, 11) is 1.89. The number of rotatable bonds is 6. The molecule has 1 aromatic rings. The van der Waals surface area contributed by atoms with Gasteiger partial charge >= 0.3 is 0 Å².